The quantitative estimate of drug-likeness (QED) is 0.499. The van der Waals surface area contributed by atoms with E-state index in [1.807, 2.05) is 18.3 Å². The van der Waals surface area contributed by atoms with E-state index in [4.69, 9.17) is 0 Å². The molecule has 1 aromatic carbocycles. The molecule has 0 fully saturated rings. The summed E-state index contributed by atoms with van der Waals surface area (Å²) in [4.78, 5) is 15.2. The number of fused-ring (bicyclic) bond motifs is 1. The van der Waals surface area contributed by atoms with Crippen LogP contribution in [0.3, 0.4) is 0 Å². The van der Waals surface area contributed by atoms with E-state index in [2.05, 4.69) is 39.6 Å². The number of rotatable bonds is 7. The van der Waals surface area contributed by atoms with Gasteiger partial charge in [0.05, 0.1) is 0 Å². The number of H-pyrrole nitrogens is 1. The topological polar surface area (TPSA) is 70.7 Å². The second kappa shape index (κ2) is 7.61. The van der Waals surface area contributed by atoms with Crippen LogP contribution in [0.4, 0.5) is 5.13 Å². The summed E-state index contributed by atoms with van der Waals surface area (Å²) in [6.07, 6.45) is 4.20. The average Bonchev–Trinajstić information content (AvgIpc) is 3.15. The third-order valence-corrected chi connectivity index (χ3v) is 5.30. The molecule has 120 valence electrons. The Labute approximate surface area is 142 Å². The van der Waals surface area contributed by atoms with Gasteiger partial charge in [0, 0.05) is 23.5 Å². The summed E-state index contributed by atoms with van der Waals surface area (Å²) >= 11 is 3.05. The van der Waals surface area contributed by atoms with Gasteiger partial charge in [0.15, 0.2) is 4.34 Å². The standard InChI is InChI=1S/C16H18N4OS2/c1-2-22-16-20-19-15(23-16)18-14(21)9-5-6-11-10-17-13-8-4-3-7-12(11)13/h3-4,7-8,10,17H,2,5-6,9H2,1H3,(H,18,19,21). The lowest BCUT2D eigenvalue weighted by molar-refractivity contribution is -0.116. The van der Waals surface area contributed by atoms with Crippen molar-refractivity contribution < 1.29 is 4.79 Å². The van der Waals surface area contributed by atoms with Crippen molar-refractivity contribution in [2.45, 2.75) is 30.5 Å². The molecule has 2 heterocycles. The summed E-state index contributed by atoms with van der Waals surface area (Å²) < 4.78 is 0.890. The average molecular weight is 346 g/mol. The largest absolute Gasteiger partial charge is 0.361 e. The van der Waals surface area contributed by atoms with Gasteiger partial charge in [-0.2, -0.15) is 0 Å². The van der Waals surface area contributed by atoms with Crippen LogP contribution >= 0.6 is 23.1 Å². The lowest BCUT2D eigenvalue weighted by Crippen LogP contribution is -2.11. The molecule has 5 nitrogen and oxygen atoms in total. The molecule has 0 spiro atoms. The number of carbonyl (C=O) groups excluding carboxylic acids is 1. The van der Waals surface area contributed by atoms with E-state index in [0.717, 1.165) is 28.5 Å². The first-order valence-corrected chi connectivity index (χ1v) is 9.37. The zero-order valence-corrected chi connectivity index (χ0v) is 14.5. The van der Waals surface area contributed by atoms with Gasteiger partial charge in [-0.1, -0.05) is 48.2 Å². The van der Waals surface area contributed by atoms with Crippen molar-refractivity contribution in [3.05, 3.63) is 36.0 Å². The molecular weight excluding hydrogens is 328 g/mol. The number of amides is 1. The number of thioether (sulfide) groups is 1. The van der Waals surface area contributed by atoms with Crippen LogP contribution in [-0.2, 0) is 11.2 Å². The number of carbonyl (C=O) groups is 1. The van der Waals surface area contributed by atoms with Crippen molar-refractivity contribution in [1.29, 1.82) is 0 Å². The molecule has 0 radical (unpaired) electrons. The van der Waals surface area contributed by atoms with Crippen LogP contribution in [0.15, 0.2) is 34.8 Å². The predicted molar refractivity (Wildman–Crippen MR) is 96.2 cm³/mol. The van der Waals surface area contributed by atoms with Crippen LogP contribution in [0, 0.1) is 0 Å². The maximum atomic E-state index is 12.0. The van der Waals surface area contributed by atoms with Crippen LogP contribution in [0.5, 0.6) is 0 Å². The second-order valence-electron chi connectivity index (χ2n) is 5.07. The summed E-state index contributed by atoms with van der Waals surface area (Å²) in [5, 5.41) is 12.6. The Balaban J connectivity index is 1.49. The maximum Gasteiger partial charge on any atom is 0.226 e. The van der Waals surface area contributed by atoms with Gasteiger partial charge in [0.2, 0.25) is 11.0 Å². The van der Waals surface area contributed by atoms with Gasteiger partial charge >= 0.3 is 0 Å². The molecule has 7 heteroatoms. The van der Waals surface area contributed by atoms with E-state index in [9.17, 15) is 4.79 Å². The van der Waals surface area contributed by atoms with E-state index < -0.39 is 0 Å². The SMILES string of the molecule is CCSc1nnc(NC(=O)CCCc2c[nH]c3ccccc23)s1. The van der Waals surface area contributed by atoms with Crippen molar-refractivity contribution in [1.82, 2.24) is 15.2 Å². The van der Waals surface area contributed by atoms with Gasteiger partial charge in [0.25, 0.3) is 0 Å². The number of nitrogens with one attached hydrogen (secondary N) is 2. The zero-order valence-electron chi connectivity index (χ0n) is 12.8. The van der Waals surface area contributed by atoms with Crippen molar-refractivity contribution in [3.8, 4) is 0 Å². The first-order chi connectivity index (χ1) is 11.3. The molecule has 2 N–H and O–H groups in total. The predicted octanol–water partition coefficient (Wildman–Crippen LogP) is 4.09. The van der Waals surface area contributed by atoms with Gasteiger partial charge in [-0.05, 0) is 30.2 Å². The third-order valence-electron chi connectivity index (χ3n) is 3.45. The Bertz CT molecular complexity index is 796. The fourth-order valence-electron chi connectivity index (χ4n) is 2.40. The number of aromatic amines is 1. The summed E-state index contributed by atoms with van der Waals surface area (Å²) in [6.45, 7) is 2.06. The molecule has 0 saturated heterocycles. The smallest absolute Gasteiger partial charge is 0.226 e. The molecule has 0 bridgehead atoms. The molecule has 0 aliphatic heterocycles. The molecule has 3 aromatic rings. The minimum Gasteiger partial charge on any atom is -0.361 e. The minimum absolute atomic E-state index is 0.00552. The lowest BCUT2D eigenvalue weighted by atomic mass is 10.1. The van der Waals surface area contributed by atoms with Crippen molar-refractivity contribution in [2.24, 2.45) is 0 Å². The highest BCUT2D eigenvalue weighted by Crippen LogP contribution is 2.25. The normalized spacial score (nSPS) is 11.0. The van der Waals surface area contributed by atoms with Crippen molar-refractivity contribution in [2.75, 3.05) is 11.1 Å². The molecule has 0 aliphatic carbocycles. The van der Waals surface area contributed by atoms with Crippen LogP contribution < -0.4 is 5.32 Å². The minimum atomic E-state index is -0.00552. The summed E-state index contributed by atoms with van der Waals surface area (Å²) in [7, 11) is 0. The van der Waals surface area contributed by atoms with Gasteiger partial charge in [0.1, 0.15) is 0 Å². The molecule has 23 heavy (non-hydrogen) atoms. The fourth-order valence-corrected chi connectivity index (χ4v) is 4.07. The number of hydrogen-bond acceptors (Lipinski definition) is 5. The molecule has 0 atom stereocenters. The lowest BCUT2D eigenvalue weighted by Gasteiger charge is -2.01. The number of aryl methyl sites for hydroxylation is 1. The fraction of sp³-hybridized carbons (Fsp3) is 0.312. The van der Waals surface area contributed by atoms with Crippen LogP contribution in [0.1, 0.15) is 25.3 Å². The van der Waals surface area contributed by atoms with Gasteiger partial charge < -0.3 is 10.3 Å². The van der Waals surface area contributed by atoms with Crippen molar-refractivity contribution in [3.63, 3.8) is 0 Å². The Morgan fingerprint density at radius 3 is 3.09 bits per heavy atom. The molecule has 3 rings (SSSR count). The molecule has 1 amide bonds. The maximum absolute atomic E-state index is 12.0. The number of nitrogens with zero attached hydrogens (tertiary/aromatic N) is 2. The van der Waals surface area contributed by atoms with Crippen LogP contribution in [0.25, 0.3) is 10.9 Å². The number of hydrogen-bond donors (Lipinski definition) is 2. The van der Waals surface area contributed by atoms with E-state index in [-0.39, 0.29) is 5.91 Å². The number of aromatic nitrogens is 3. The highest BCUT2D eigenvalue weighted by Gasteiger charge is 2.09. The Kier molecular flexibility index (Phi) is 5.30. The summed E-state index contributed by atoms with van der Waals surface area (Å²) in [5.41, 5.74) is 2.40. The molecule has 0 saturated carbocycles. The Morgan fingerprint density at radius 2 is 2.22 bits per heavy atom. The second-order valence-corrected chi connectivity index (χ2v) is 7.56. The van der Waals surface area contributed by atoms with E-state index in [1.54, 1.807) is 11.8 Å². The zero-order chi connectivity index (χ0) is 16.1. The van der Waals surface area contributed by atoms with Gasteiger partial charge in [-0.3, -0.25) is 4.79 Å². The number of anilines is 1. The third kappa shape index (κ3) is 4.11. The highest BCUT2D eigenvalue weighted by molar-refractivity contribution is 8.01. The summed E-state index contributed by atoms with van der Waals surface area (Å²) in [6, 6.07) is 8.22. The van der Waals surface area contributed by atoms with Crippen molar-refractivity contribution >= 4 is 45.0 Å². The first kappa shape index (κ1) is 16.0. The molecule has 0 aliphatic rings. The molecule has 0 unspecified atom stereocenters. The highest BCUT2D eigenvalue weighted by atomic mass is 32.2. The molecular formula is C16H18N4OS2. The van der Waals surface area contributed by atoms with E-state index in [1.165, 1.54) is 22.3 Å². The van der Waals surface area contributed by atoms with Gasteiger partial charge in [-0.15, -0.1) is 10.2 Å². The Morgan fingerprint density at radius 1 is 1.35 bits per heavy atom. The monoisotopic (exact) mass is 346 g/mol. The van der Waals surface area contributed by atoms with E-state index in [0.29, 0.717) is 11.6 Å². The van der Waals surface area contributed by atoms with E-state index >= 15 is 0 Å². The Hall–Kier alpha value is -1.86. The first-order valence-electron chi connectivity index (χ1n) is 7.57. The van der Waals surface area contributed by atoms with Crippen LogP contribution in [-0.4, -0.2) is 26.8 Å². The summed E-state index contributed by atoms with van der Waals surface area (Å²) in [5.74, 6) is 0.946. The van der Waals surface area contributed by atoms with Crippen LogP contribution in [0.2, 0.25) is 0 Å². The van der Waals surface area contributed by atoms with Gasteiger partial charge in [-0.25, -0.2) is 0 Å². The number of benzene rings is 1. The molecule has 2 aromatic heterocycles. The number of para-hydroxylation sites is 1.